The largest absolute Gasteiger partial charge is 0.399 e. The molecule has 0 aliphatic rings. The van der Waals surface area contributed by atoms with Crippen LogP contribution in [0.2, 0.25) is 0 Å². The molecule has 0 radical (unpaired) electrons. The van der Waals surface area contributed by atoms with Gasteiger partial charge in [0.15, 0.2) is 0 Å². The smallest absolute Gasteiger partial charge is 0.255 e. The lowest BCUT2D eigenvalue weighted by atomic mass is 10.1. The summed E-state index contributed by atoms with van der Waals surface area (Å²) in [5.41, 5.74) is 9.74. The zero-order valence-electron chi connectivity index (χ0n) is 12.0. The first-order valence-electron chi connectivity index (χ1n) is 6.41. The Morgan fingerprint density at radius 1 is 1.10 bits per heavy atom. The van der Waals surface area contributed by atoms with Gasteiger partial charge in [-0.3, -0.25) is 4.79 Å². The summed E-state index contributed by atoms with van der Waals surface area (Å²) < 4.78 is 0. The first-order valence-corrected chi connectivity index (χ1v) is 6.41. The van der Waals surface area contributed by atoms with Crippen LogP contribution in [0.4, 0.5) is 17.1 Å². The maximum Gasteiger partial charge on any atom is 0.255 e. The minimum atomic E-state index is -0.155. The molecule has 0 aliphatic heterocycles. The van der Waals surface area contributed by atoms with E-state index in [1.54, 1.807) is 6.07 Å². The highest BCUT2D eigenvalue weighted by molar-refractivity contribution is 6.05. The van der Waals surface area contributed by atoms with Crippen molar-refractivity contribution in [2.45, 2.75) is 6.92 Å². The van der Waals surface area contributed by atoms with E-state index in [-0.39, 0.29) is 5.91 Å². The number of aryl methyl sites for hydroxylation is 1. The van der Waals surface area contributed by atoms with Crippen LogP contribution in [-0.2, 0) is 0 Å². The van der Waals surface area contributed by atoms with Crippen LogP contribution in [0.15, 0.2) is 42.5 Å². The average Bonchev–Trinajstić information content (AvgIpc) is 2.38. The van der Waals surface area contributed by atoms with Gasteiger partial charge in [0.1, 0.15) is 0 Å². The summed E-state index contributed by atoms with van der Waals surface area (Å²) in [4.78, 5) is 14.2. The van der Waals surface area contributed by atoms with Crippen LogP contribution in [-0.4, -0.2) is 20.0 Å². The molecule has 0 fully saturated rings. The van der Waals surface area contributed by atoms with Crippen molar-refractivity contribution >= 4 is 23.0 Å². The highest BCUT2D eigenvalue weighted by Crippen LogP contribution is 2.17. The topological polar surface area (TPSA) is 58.4 Å². The fourth-order valence-corrected chi connectivity index (χ4v) is 1.99. The molecule has 0 saturated heterocycles. The van der Waals surface area contributed by atoms with E-state index in [0.29, 0.717) is 11.3 Å². The summed E-state index contributed by atoms with van der Waals surface area (Å²) in [5.74, 6) is -0.155. The zero-order chi connectivity index (χ0) is 14.7. The number of nitrogens with one attached hydrogen (secondary N) is 1. The predicted molar refractivity (Wildman–Crippen MR) is 84.3 cm³/mol. The van der Waals surface area contributed by atoms with E-state index < -0.39 is 0 Å². The number of rotatable bonds is 3. The van der Waals surface area contributed by atoms with Crippen LogP contribution in [0.5, 0.6) is 0 Å². The Balaban J connectivity index is 2.14. The Morgan fingerprint density at radius 3 is 2.30 bits per heavy atom. The predicted octanol–water partition coefficient (Wildman–Crippen LogP) is 2.90. The third-order valence-corrected chi connectivity index (χ3v) is 3.00. The molecule has 0 unspecified atom stereocenters. The summed E-state index contributed by atoms with van der Waals surface area (Å²) in [6.45, 7) is 1.92. The summed E-state index contributed by atoms with van der Waals surface area (Å²) in [7, 11) is 3.95. The van der Waals surface area contributed by atoms with Crippen LogP contribution in [0, 0.1) is 6.92 Å². The molecule has 4 nitrogen and oxygen atoms in total. The van der Waals surface area contributed by atoms with E-state index in [1.807, 2.05) is 62.3 Å². The second-order valence-corrected chi connectivity index (χ2v) is 5.03. The van der Waals surface area contributed by atoms with Gasteiger partial charge in [0.2, 0.25) is 0 Å². The SMILES string of the molecule is Cc1cc(N)cc(C(=O)Nc2ccc(N(C)C)cc2)c1. The number of amides is 1. The molecule has 2 aromatic carbocycles. The van der Waals surface area contributed by atoms with E-state index in [0.717, 1.165) is 16.9 Å². The van der Waals surface area contributed by atoms with Gasteiger partial charge in [-0.2, -0.15) is 0 Å². The zero-order valence-corrected chi connectivity index (χ0v) is 12.0. The van der Waals surface area contributed by atoms with Crippen molar-refractivity contribution in [3.63, 3.8) is 0 Å². The molecule has 0 heterocycles. The van der Waals surface area contributed by atoms with Gasteiger partial charge in [-0.25, -0.2) is 0 Å². The normalized spacial score (nSPS) is 10.2. The average molecular weight is 269 g/mol. The van der Waals surface area contributed by atoms with Crippen LogP contribution in [0.1, 0.15) is 15.9 Å². The van der Waals surface area contributed by atoms with Gasteiger partial charge in [0, 0.05) is 36.7 Å². The minimum Gasteiger partial charge on any atom is -0.399 e. The summed E-state index contributed by atoms with van der Waals surface area (Å²) >= 11 is 0. The number of hydrogen-bond acceptors (Lipinski definition) is 3. The molecule has 2 aromatic rings. The van der Waals surface area contributed by atoms with E-state index in [1.165, 1.54) is 0 Å². The van der Waals surface area contributed by atoms with Gasteiger partial charge in [-0.15, -0.1) is 0 Å². The van der Waals surface area contributed by atoms with Crippen molar-refractivity contribution in [1.29, 1.82) is 0 Å². The lowest BCUT2D eigenvalue weighted by Gasteiger charge is -2.13. The first-order chi connectivity index (χ1) is 9.45. The lowest BCUT2D eigenvalue weighted by molar-refractivity contribution is 0.102. The molecule has 0 spiro atoms. The molecule has 20 heavy (non-hydrogen) atoms. The lowest BCUT2D eigenvalue weighted by Crippen LogP contribution is -2.13. The molecule has 3 N–H and O–H groups in total. The third kappa shape index (κ3) is 3.29. The fraction of sp³-hybridized carbons (Fsp3) is 0.188. The van der Waals surface area contributed by atoms with Crippen LogP contribution < -0.4 is 16.0 Å². The molecule has 4 heteroatoms. The molecule has 0 bridgehead atoms. The van der Waals surface area contributed by atoms with Crippen LogP contribution in [0.3, 0.4) is 0 Å². The molecule has 1 amide bonds. The second-order valence-electron chi connectivity index (χ2n) is 5.03. The number of hydrogen-bond donors (Lipinski definition) is 2. The third-order valence-electron chi connectivity index (χ3n) is 3.00. The van der Waals surface area contributed by atoms with Crippen LogP contribution >= 0.6 is 0 Å². The van der Waals surface area contributed by atoms with Gasteiger partial charge >= 0.3 is 0 Å². The van der Waals surface area contributed by atoms with Crippen molar-refractivity contribution in [1.82, 2.24) is 0 Å². The molecular formula is C16H19N3O. The van der Waals surface area contributed by atoms with E-state index in [4.69, 9.17) is 5.73 Å². The Morgan fingerprint density at radius 2 is 1.75 bits per heavy atom. The van der Waals surface area contributed by atoms with E-state index >= 15 is 0 Å². The van der Waals surface area contributed by atoms with Crippen molar-refractivity contribution in [2.75, 3.05) is 30.0 Å². The number of carbonyl (C=O) groups is 1. The van der Waals surface area contributed by atoms with Crippen LogP contribution in [0.25, 0.3) is 0 Å². The summed E-state index contributed by atoms with van der Waals surface area (Å²) in [6, 6.07) is 13.0. The first kappa shape index (κ1) is 13.9. The van der Waals surface area contributed by atoms with Crippen molar-refractivity contribution in [2.24, 2.45) is 0 Å². The Bertz CT molecular complexity index is 598. The molecule has 0 aromatic heterocycles. The number of anilines is 3. The highest BCUT2D eigenvalue weighted by atomic mass is 16.1. The highest BCUT2D eigenvalue weighted by Gasteiger charge is 2.07. The molecular weight excluding hydrogens is 250 g/mol. The maximum absolute atomic E-state index is 12.2. The fourth-order valence-electron chi connectivity index (χ4n) is 1.99. The summed E-state index contributed by atoms with van der Waals surface area (Å²) in [5, 5.41) is 2.87. The Kier molecular flexibility index (Phi) is 3.94. The summed E-state index contributed by atoms with van der Waals surface area (Å²) in [6.07, 6.45) is 0. The molecule has 104 valence electrons. The van der Waals surface area contributed by atoms with Gasteiger partial charge < -0.3 is 16.0 Å². The molecule has 0 atom stereocenters. The van der Waals surface area contributed by atoms with Crippen molar-refractivity contribution in [3.05, 3.63) is 53.6 Å². The number of nitrogens with zero attached hydrogens (tertiary/aromatic N) is 1. The standard InChI is InChI=1S/C16H19N3O/c1-11-8-12(10-13(17)9-11)16(20)18-14-4-6-15(7-5-14)19(2)3/h4-10H,17H2,1-3H3,(H,18,20). The molecule has 2 rings (SSSR count). The number of nitrogen functional groups attached to an aromatic ring is 1. The number of benzene rings is 2. The monoisotopic (exact) mass is 269 g/mol. The van der Waals surface area contributed by atoms with E-state index in [9.17, 15) is 4.79 Å². The molecule has 0 saturated carbocycles. The maximum atomic E-state index is 12.2. The van der Waals surface area contributed by atoms with Crippen molar-refractivity contribution < 1.29 is 4.79 Å². The van der Waals surface area contributed by atoms with Crippen molar-refractivity contribution in [3.8, 4) is 0 Å². The van der Waals surface area contributed by atoms with Gasteiger partial charge in [0.05, 0.1) is 0 Å². The van der Waals surface area contributed by atoms with Gasteiger partial charge in [-0.05, 0) is 55.0 Å². The quantitative estimate of drug-likeness (QED) is 0.842. The Hall–Kier alpha value is -2.49. The van der Waals surface area contributed by atoms with E-state index in [2.05, 4.69) is 5.32 Å². The second kappa shape index (κ2) is 5.65. The number of nitrogens with two attached hydrogens (primary N) is 1. The molecule has 0 aliphatic carbocycles. The van der Waals surface area contributed by atoms with Gasteiger partial charge in [-0.1, -0.05) is 0 Å². The number of carbonyl (C=O) groups excluding carboxylic acids is 1. The van der Waals surface area contributed by atoms with Gasteiger partial charge in [0.25, 0.3) is 5.91 Å². The minimum absolute atomic E-state index is 0.155. The Labute approximate surface area is 119 Å².